The average molecular weight is 473 g/mol. The van der Waals surface area contributed by atoms with Crippen molar-refractivity contribution in [3.63, 3.8) is 0 Å². The van der Waals surface area contributed by atoms with Gasteiger partial charge in [-0.05, 0) is 43.9 Å². The van der Waals surface area contributed by atoms with Crippen LogP contribution in [-0.2, 0) is 9.47 Å². The molecule has 0 aliphatic rings. The summed E-state index contributed by atoms with van der Waals surface area (Å²) in [5.74, 6) is -0.783. The summed E-state index contributed by atoms with van der Waals surface area (Å²) in [7, 11) is 0. The highest BCUT2D eigenvalue weighted by atomic mass is 16.5. The molecule has 0 bridgehead atoms. The molecular weight excluding hydrogens is 424 g/mol. The predicted octanol–water partition coefficient (Wildman–Crippen LogP) is 8.84. The Kier molecular flexibility index (Phi) is 18.9. The molecule has 0 spiro atoms. The molecule has 0 unspecified atom stereocenters. The van der Waals surface area contributed by atoms with Gasteiger partial charge in [0.25, 0.3) is 0 Å². The third kappa shape index (κ3) is 15.7. The number of rotatable bonds is 21. The Bertz CT molecular complexity index is 680. The number of carbonyl (C=O) groups excluding carboxylic acids is 2. The highest BCUT2D eigenvalue weighted by molar-refractivity contribution is 5.95. The second-order valence-corrected chi connectivity index (χ2v) is 9.14. The summed E-state index contributed by atoms with van der Waals surface area (Å²) in [6.07, 6.45) is 23.6. The van der Waals surface area contributed by atoms with Gasteiger partial charge in [-0.25, -0.2) is 9.59 Å². The van der Waals surface area contributed by atoms with E-state index in [1.54, 1.807) is 24.3 Å². The van der Waals surface area contributed by atoms with Gasteiger partial charge in [0.05, 0.1) is 24.3 Å². The summed E-state index contributed by atoms with van der Waals surface area (Å²) < 4.78 is 10.7. The van der Waals surface area contributed by atoms with Crippen molar-refractivity contribution in [1.29, 1.82) is 0 Å². The van der Waals surface area contributed by atoms with E-state index in [2.05, 4.69) is 26.0 Å². The van der Waals surface area contributed by atoms with E-state index in [9.17, 15) is 9.59 Å². The molecule has 0 heterocycles. The minimum atomic E-state index is -0.401. The Morgan fingerprint density at radius 3 is 1.68 bits per heavy atom. The van der Waals surface area contributed by atoms with Gasteiger partial charge in [0.1, 0.15) is 0 Å². The quantitative estimate of drug-likeness (QED) is 0.102. The van der Waals surface area contributed by atoms with Gasteiger partial charge in [0.2, 0.25) is 0 Å². The number of unbranched alkanes of at least 4 members (excludes halogenated alkanes) is 13. The topological polar surface area (TPSA) is 52.6 Å². The summed E-state index contributed by atoms with van der Waals surface area (Å²) in [5, 5.41) is 0. The molecule has 0 amide bonds. The van der Waals surface area contributed by atoms with E-state index >= 15 is 0 Å². The van der Waals surface area contributed by atoms with E-state index in [4.69, 9.17) is 9.47 Å². The van der Waals surface area contributed by atoms with E-state index in [0.29, 0.717) is 30.8 Å². The highest BCUT2D eigenvalue weighted by Crippen LogP contribution is 2.11. The normalized spacial score (nSPS) is 11.1. The van der Waals surface area contributed by atoms with Crippen molar-refractivity contribution in [2.24, 2.45) is 0 Å². The van der Waals surface area contributed by atoms with Crippen molar-refractivity contribution >= 4 is 11.9 Å². The fraction of sp³-hybridized carbons (Fsp3) is 0.667. The molecule has 4 nitrogen and oxygen atoms in total. The van der Waals surface area contributed by atoms with Crippen LogP contribution in [0.25, 0.3) is 0 Å². The number of hydrogen-bond donors (Lipinski definition) is 0. The lowest BCUT2D eigenvalue weighted by atomic mass is 10.1. The van der Waals surface area contributed by atoms with E-state index in [1.165, 1.54) is 77.0 Å². The lowest BCUT2D eigenvalue weighted by molar-refractivity contribution is 0.0497. The zero-order valence-corrected chi connectivity index (χ0v) is 21.8. The van der Waals surface area contributed by atoms with Gasteiger partial charge in [0, 0.05) is 0 Å². The molecule has 1 aromatic carbocycles. The van der Waals surface area contributed by atoms with Gasteiger partial charge >= 0.3 is 11.9 Å². The van der Waals surface area contributed by atoms with Crippen molar-refractivity contribution in [2.75, 3.05) is 13.2 Å². The summed E-state index contributed by atoms with van der Waals surface area (Å²) >= 11 is 0. The number of benzene rings is 1. The first kappa shape index (κ1) is 29.9. The van der Waals surface area contributed by atoms with Gasteiger partial charge in [-0.15, -0.1) is 0 Å². The number of hydrogen-bond acceptors (Lipinski definition) is 4. The maximum atomic E-state index is 12.3. The average Bonchev–Trinajstić information content (AvgIpc) is 2.86. The van der Waals surface area contributed by atoms with Crippen LogP contribution in [0.15, 0.2) is 36.4 Å². The Morgan fingerprint density at radius 2 is 1.09 bits per heavy atom. The van der Waals surface area contributed by atoms with Gasteiger partial charge < -0.3 is 9.47 Å². The standard InChI is InChI=1S/C30H48O4/c1-3-5-7-9-11-12-13-14-15-16-18-20-25-34-30(32)28-23-21-22-27(26-28)29(31)33-24-19-17-10-8-6-4-2/h16,18,21-23,26H,3-15,17,19-20,24-25H2,1-2H3/b18-16-. The van der Waals surface area contributed by atoms with Crippen LogP contribution in [0.3, 0.4) is 0 Å². The van der Waals surface area contributed by atoms with Crippen LogP contribution in [0, 0.1) is 0 Å². The van der Waals surface area contributed by atoms with Crippen LogP contribution in [0.2, 0.25) is 0 Å². The molecule has 192 valence electrons. The van der Waals surface area contributed by atoms with Crippen LogP contribution < -0.4 is 0 Å². The molecule has 0 aliphatic heterocycles. The molecule has 0 N–H and O–H groups in total. The summed E-state index contributed by atoms with van der Waals surface area (Å²) in [6, 6.07) is 6.60. The highest BCUT2D eigenvalue weighted by Gasteiger charge is 2.12. The second-order valence-electron chi connectivity index (χ2n) is 9.14. The van der Waals surface area contributed by atoms with Crippen LogP contribution >= 0.6 is 0 Å². The minimum Gasteiger partial charge on any atom is -0.462 e. The second kappa shape index (κ2) is 21.4. The predicted molar refractivity (Wildman–Crippen MR) is 141 cm³/mol. The van der Waals surface area contributed by atoms with Crippen LogP contribution in [-0.4, -0.2) is 25.2 Å². The fourth-order valence-electron chi connectivity index (χ4n) is 3.84. The van der Waals surface area contributed by atoms with E-state index in [-0.39, 0.29) is 5.97 Å². The zero-order valence-electron chi connectivity index (χ0n) is 21.8. The number of allylic oxidation sites excluding steroid dienone is 1. The maximum Gasteiger partial charge on any atom is 0.338 e. The SMILES string of the molecule is CCCCCCCCCC/C=C\CCOC(=O)c1cccc(C(=O)OCCCCCCCC)c1. The smallest absolute Gasteiger partial charge is 0.338 e. The lowest BCUT2D eigenvalue weighted by Gasteiger charge is -2.07. The van der Waals surface area contributed by atoms with Gasteiger partial charge in [0.15, 0.2) is 0 Å². The van der Waals surface area contributed by atoms with Crippen LogP contribution in [0.4, 0.5) is 0 Å². The largest absolute Gasteiger partial charge is 0.462 e. The monoisotopic (exact) mass is 472 g/mol. The molecule has 34 heavy (non-hydrogen) atoms. The van der Waals surface area contributed by atoms with Crippen molar-refractivity contribution < 1.29 is 19.1 Å². The van der Waals surface area contributed by atoms with E-state index < -0.39 is 5.97 Å². The van der Waals surface area contributed by atoms with E-state index in [1.807, 2.05) is 0 Å². The third-order valence-corrected chi connectivity index (χ3v) is 5.97. The maximum absolute atomic E-state index is 12.3. The molecule has 0 fully saturated rings. The molecule has 0 saturated heterocycles. The third-order valence-electron chi connectivity index (χ3n) is 5.97. The first-order chi connectivity index (χ1) is 16.7. The minimum absolute atomic E-state index is 0.347. The first-order valence-electron chi connectivity index (χ1n) is 13.8. The van der Waals surface area contributed by atoms with Gasteiger partial charge in [-0.3, -0.25) is 0 Å². The van der Waals surface area contributed by atoms with Crippen molar-refractivity contribution in [1.82, 2.24) is 0 Å². The molecule has 0 aliphatic carbocycles. The van der Waals surface area contributed by atoms with Crippen LogP contribution in [0.5, 0.6) is 0 Å². The molecule has 0 saturated carbocycles. The molecule has 0 atom stereocenters. The molecule has 0 aromatic heterocycles. The van der Waals surface area contributed by atoms with E-state index in [0.717, 1.165) is 19.3 Å². The Morgan fingerprint density at radius 1 is 0.618 bits per heavy atom. The van der Waals surface area contributed by atoms with Crippen LogP contribution in [0.1, 0.15) is 137 Å². The van der Waals surface area contributed by atoms with Crippen molar-refractivity contribution in [2.45, 2.75) is 117 Å². The Labute approximate surface area is 208 Å². The fourth-order valence-corrected chi connectivity index (χ4v) is 3.84. The zero-order chi connectivity index (χ0) is 24.7. The molecule has 0 radical (unpaired) electrons. The summed E-state index contributed by atoms with van der Waals surface area (Å²) in [5.41, 5.74) is 0.780. The van der Waals surface area contributed by atoms with Gasteiger partial charge in [-0.2, -0.15) is 0 Å². The number of ether oxygens (including phenoxy) is 2. The molecular formula is C30H48O4. The van der Waals surface area contributed by atoms with Crippen molar-refractivity contribution in [3.05, 3.63) is 47.5 Å². The molecule has 1 rings (SSSR count). The van der Waals surface area contributed by atoms with Crippen molar-refractivity contribution in [3.8, 4) is 0 Å². The number of carbonyl (C=O) groups is 2. The Hall–Kier alpha value is -2.10. The van der Waals surface area contributed by atoms with Gasteiger partial charge in [-0.1, -0.05) is 109 Å². The molecule has 1 aromatic rings. The molecule has 4 heteroatoms. The number of esters is 2. The summed E-state index contributed by atoms with van der Waals surface area (Å²) in [6.45, 7) is 5.22. The summed E-state index contributed by atoms with van der Waals surface area (Å²) in [4.78, 5) is 24.6. The Balaban J connectivity index is 2.15. The first-order valence-corrected chi connectivity index (χ1v) is 13.8. The lowest BCUT2D eigenvalue weighted by Crippen LogP contribution is -2.10.